The first-order valence-corrected chi connectivity index (χ1v) is 7.25. The molecule has 3 nitrogen and oxygen atoms in total. The van der Waals surface area contributed by atoms with Crippen molar-refractivity contribution in [3.05, 3.63) is 35.4 Å². The van der Waals surface area contributed by atoms with Gasteiger partial charge in [-0.3, -0.25) is 5.43 Å². The van der Waals surface area contributed by atoms with Crippen LogP contribution in [0.15, 0.2) is 29.4 Å². The molecule has 0 saturated heterocycles. The summed E-state index contributed by atoms with van der Waals surface area (Å²) in [6.07, 6.45) is 3.62. The Balaban J connectivity index is 2.59. The van der Waals surface area contributed by atoms with Gasteiger partial charge in [0.05, 0.1) is 5.71 Å². The van der Waals surface area contributed by atoms with Gasteiger partial charge in [-0.1, -0.05) is 37.6 Å². The lowest BCUT2D eigenvalue weighted by Crippen LogP contribution is -2.32. The minimum Gasteiger partial charge on any atom is -0.362 e. The van der Waals surface area contributed by atoms with Gasteiger partial charge in [0.2, 0.25) is 0 Å². The van der Waals surface area contributed by atoms with Gasteiger partial charge >= 0.3 is 0 Å². The number of aryl methyl sites for hydroxylation is 1. The van der Waals surface area contributed by atoms with Gasteiger partial charge in [-0.05, 0) is 50.0 Å². The van der Waals surface area contributed by atoms with E-state index in [0.29, 0.717) is 5.11 Å². The Kier molecular flexibility index (Phi) is 7.11. The summed E-state index contributed by atoms with van der Waals surface area (Å²) in [7, 11) is 0. The van der Waals surface area contributed by atoms with E-state index in [4.69, 9.17) is 12.2 Å². The van der Waals surface area contributed by atoms with Crippen LogP contribution in [0.4, 0.5) is 0 Å². The van der Waals surface area contributed by atoms with E-state index in [-0.39, 0.29) is 0 Å². The number of thiocarbonyl (C=S) groups is 1. The van der Waals surface area contributed by atoms with Crippen LogP contribution in [0.25, 0.3) is 0 Å². The minimum atomic E-state index is 0.557. The lowest BCUT2D eigenvalue weighted by Gasteiger charge is -2.06. The number of benzene rings is 1. The molecule has 0 unspecified atom stereocenters. The Hall–Kier alpha value is -1.42. The quantitative estimate of drug-likeness (QED) is 0.476. The van der Waals surface area contributed by atoms with Gasteiger partial charge in [-0.25, -0.2) is 0 Å². The summed E-state index contributed by atoms with van der Waals surface area (Å²) in [5.41, 5.74) is 6.27. The molecule has 0 heterocycles. The second-order valence-corrected chi connectivity index (χ2v) is 4.88. The summed E-state index contributed by atoms with van der Waals surface area (Å²) in [6, 6.07) is 8.57. The van der Waals surface area contributed by atoms with E-state index in [1.165, 1.54) is 18.4 Å². The summed E-state index contributed by atoms with van der Waals surface area (Å²) >= 11 is 5.06. The van der Waals surface area contributed by atoms with Crippen LogP contribution in [0.2, 0.25) is 0 Å². The molecule has 19 heavy (non-hydrogen) atoms. The van der Waals surface area contributed by atoms with E-state index < -0.39 is 0 Å². The van der Waals surface area contributed by atoms with Gasteiger partial charge in [0.1, 0.15) is 0 Å². The third-order valence-electron chi connectivity index (χ3n) is 2.85. The van der Waals surface area contributed by atoms with Crippen molar-refractivity contribution in [1.82, 2.24) is 10.7 Å². The second kappa shape index (κ2) is 8.64. The zero-order valence-corrected chi connectivity index (χ0v) is 12.8. The van der Waals surface area contributed by atoms with Crippen molar-refractivity contribution in [2.24, 2.45) is 5.10 Å². The number of rotatable bonds is 6. The highest BCUT2D eigenvalue weighted by molar-refractivity contribution is 7.80. The maximum Gasteiger partial charge on any atom is 0.186 e. The maximum absolute atomic E-state index is 5.06. The molecule has 0 atom stereocenters. The molecule has 0 bridgehead atoms. The Bertz CT molecular complexity index is 424. The molecule has 0 aliphatic carbocycles. The molecule has 0 aliphatic heterocycles. The molecule has 0 fully saturated rings. The third kappa shape index (κ3) is 5.83. The monoisotopic (exact) mass is 277 g/mol. The molecule has 4 heteroatoms. The average molecular weight is 277 g/mol. The molecule has 1 aromatic rings. The highest BCUT2D eigenvalue weighted by atomic mass is 32.1. The zero-order valence-electron chi connectivity index (χ0n) is 12.0. The molecule has 2 N–H and O–H groups in total. The summed E-state index contributed by atoms with van der Waals surface area (Å²) in [5.74, 6) is 0. The minimum absolute atomic E-state index is 0.557. The van der Waals surface area contributed by atoms with Gasteiger partial charge in [0, 0.05) is 6.54 Å². The molecular weight excluding hydrogens is 254 g/mol. The van der Waals surface area contributed by atoms with Crippen LogP contribution >= 0.6 is 12.2 Å². The van der Waals surface area contributed by atoms with Crippen molar-refractivity contribution in [2.45, 2.75) is 40.0 Å². The van der Waals surface area contributed by atoms with Crippen LogP contribution in [-0.2, 0) is 6.42 Å². The number of unbranched alkanes of at least 4 members (excludes halogenated alkanes) is 1. The van der Waals surface area contributed by atoms with Crippen LogP contribution < -0.4 is 10.7 Å². The van der Waals surface area contributed by atoms with E-state index >= 15 is 0 Å². The Morgan fingerprint density at radius 1 is 1.21 bits per heavy atom. The molecule has 0 radical (unpaired) electrons. The lowest BCUT2D eigenvalue weighted by molar-refractivity contribution is 0.795. The molecule has 0 aromatic heterocycles. The highest BCUT2D eigenvalue weighted by Crippen LogP contribution is 2.08. The first kappa shape index (κ1) is 15.6. The highest BCUT2D eigenvalue weighted by Gasteiger charge is 1.99. The number of hydrazone groups is 1. The van der Waals surface area contributed by atoms with Crippen LogP contribution in [0, 0.1) is 0 Å². The predicted octanol–water partition coefficient (Wildman–Crippen LogP) is 3.24. The maximum atomic E-state index is 5.06. The first-order chi connectivity index (χ1) is 9.17. The van der Waals surface area contributed by atoms with Crippen LogP contribution in [0.1, 0.15) is 44.7 Å². The zero-order chi connectivity index (χ0) is 14.1. The molecular formula is C15H23N3S. The standard InChI is InChI=1S/C15H23N3S/c1-4-6-7-13-8-10-14(11-9-13)12(3)17-18-15(19)16-5-2/h8-11H,4-7H2,1-3H3,(H2,16,18,19)/b17-12-. The molecule has 0 spiro atoms. The second-order valence-electron chi connectivity index (χ2n) is 4.47. The Morgan fingerprint density at radius 2 is 1.89 bits per heavy atom. The summed E-state index contributed by atoms with van der Waals surface area (Å²) in [4.78, 5) is 0. The third-order valence-corrected chi connectivity index (χ3v) is 3.09. The number of nitrogens with one attached hydrogen (secondary N) is 2. The largest absolute Gasteiger partial charge is 0.362 e. The normalized spacial score (nSPS) is 11.2. The number of hydrogen-bond acceptors (Lipinski definition) is 2. The van der Waals surface area contributed by atoms with E-state index in [0.717, 1.165) is 24.2 Å². The SMILES string of the molecule is CCCCc1ccc(/C(C)=N\NC(=S)NCC)cc1. The van der Waals surface area contributed by atoms with Crippen molar-refractivity contribution in [3.63, 3.8) is 0 Å². The summed E-state index contributed by atoms with van der Waals surface area (Å²) in [5, 5.41) is 7.82. The van der Waals surface area contributed by atoms with E-state index in [2.05, 4.69) is 47.0 Å². The van der Waals surface area contributed by atoms with Crippen molar-refractivity contribution < 1.29 is 0 Å². The molecule has 0 aliphatic rings. The summed E-state index contributed by atoms with van der Waals surface area (Å²) in [6.45, 7) is 6.98. The molecule has 104 valence electrons. The molecule has 0 amide bonds. The molecule has 0 saturated carbocycles. The fourth-order valence-corrected chi connectivity index (χ4v) is 1.88. The number of nitrogens with zero attached hydrogens (tertiary/aromatic N) is 1. The predicted molar refractivity (Wildman–Crippen MR) is 86.7 cm³/mol. The van der Waals surface area contributed by atoms with Crippen LogP contribution in [0.3, 0.4) is 0 Å². The van der Waals surface area contributed by atoms with Gasteiger partial charge in [0.25, 0.3) is 0 Å². The smallest absolute Gasteiger partial charge is 0.186 e. The van der Waals surface area contributed by atoms with Crippen molar-refractivity contribution in [2.75, 3.05) is 6.54 Å². The topological polar surface area (TPSA) is 36.4 Å². The first-order valence-electron chi connectivity index (χ1n) is 6.84. The Morgan fingerprint density at radius 3 is 2.47 bits per heavy atom. The molecule has 1 rings (SSSR count). The van der Waals surface area contributed by atoms with Crippen molar-refractivity contribution >= 4 is 23.0 Å². The average Bonchev–Trinajstić information content (AvgIpc) is 2.43. The Labute approximate surface area is 121 Å². The van der Waals surface area contributed by atoms with Gasteiger partial charge in [0.15, 0.2) is 5.11 Å². The van der Waals surface area contributed by atoms with Crippen molar-refractivity contribution in [3.8, 4) is 0 Å². The van der Waals surface area contributed by atoms with E-state index in [1.54, 1.807) is 0 Å². The van der Waals surface area contributed by atoms with E-state index in [9.17, 15) is 0 Å². The molecule has 1 aromatic carbocycles. The van der Waals surface area contributed by atoms with Crippen LogP contribution in [0.5, 0.6) is 0 Å². The fourth-order valence-electron chi connectivity index (χ4n) is 1.69. The summed E-state index contributed by atoms with van der Waals surface area (Å²) < 4.78 is 0. The van der Waals surface area contributed by atoms with E-state index in [1.807, 2.05) is 13.8 Å². The van der Waals surface area contributed by atoms with Crippen molar-refractivity contribution in [1.29, 1.82) is 0 Å². The fraction of sp³-hybridized carbons (Fsp3) is 0.467. The van der Waals surface area contributed by atoms with Gasteiger partial charge in [-0.2, -0.15) is 5.10 Å². The lowest BCUT2D eigenvalue weighted by atomic mass is 10.0. The van der Waals surface area contributed by atoms with Gasteiger partial charge < -0.3 is 5.32 Å². The number of hydrogen-bond donors (Lipinski definition) is 2. The van der Waals surface area contributed by atoms with Gasteiger partial charge in [-0.15, -0.1) is 0 Å². The van der Waals surface area contributed by atoms with Crippen LogP contribution in [-0.4, -0.2) is 17.4 Å².